The van der Waals surface area contributed by atoms with E-state index in [9.17, 15) is 4.79 Å². The molecule has 2 aromatic carbocycles. The van der Waals surface area contributed by atoms with E-state index >= 15 is 0 Å². The van der Waals surface area contributed by atoms with Crippen molar-refractivity contribution in [2.45, 2.75) is 25.4 Å². The van der Waals surface area contributed by atoms with Gasteiger partial charge in [-0.15, -0.1) is 0 Å². The fourth-order valence-corrected chi connectivity index (χ4v) is 4.59. The van der Waals surface area contributed by atoms with Crippen molar-refractivity contribution < 1.29 is 33.2 Å². The van der Waals surface area contributed by atoms with Gasteiger partial charge < -0.3 is 33.3 Å². The molecule has 0 radical (unpaired) electrons. The van der Waals surface area contributed by atoms with E-state index < -0.39 is 0 Å². The summed E-state index contributed by atoms with van der Waals surface area (Å²) in [5.41, 5.74) is 1.79. The average Bonchev–Trinajstić information content (AvgIpc) is 2.89. The standard InChI is InChI=1S/C26H36N2O7/c1-30-17-24(29)28(20-8-10-21(31-2)23(15-20)33-4)19-11-13-27(14-12-19)16-18-7-9-22(32-3)26(35-6)25(18)34-5/h7-10,15,19H,11-14,16-17H2,1-6H3. The fourth-order valence-electron chi connectivity index (χ4n) is 4.59. The van der Waals surface area contributed by atoms with Crippen molar-refractivity contribution in [3.05, 3.63) is 35.9 Å². The maximum atomic E-state index is 13.1. The predicted molar refractivity (Wildman–Crippen MR) is 133 cm³/mol. The number of rotatable bonds is 11. The quantitative estimate of drug-likeness (QED) is 0.476. The summed E-state index contributed by atoms with van der Waals surface area (Å²) in [6.07, 6.45) is 1.64. The average molecular weight is 489 g/mol. The minimum Gasteiger partial charge on any atom is -0.493 e. The second kappa shape index (κ2) is 12.5. The Morgan fingerprint density at radius 1 is 0.829 bits per heavy atom. The fraction of sp³-hybridized carbons (Fsp3) is 0.500. The Labute approximate surface area is 207 Å². The zero-order chi connectivity index (χ0) is 25.4. The molecule has 1 heterocycles. The molecule has 1 aliphatic rings. The van der Waals surface area contributed by atoms with Gasteiger partial charge in [-0.3, -0.25) is 9.69 Å². The summed E-state index contributed by atoms with van der Waals surface area (Å²) in [4.78, 5) is 17.2. The molecule has 1 aliphatic heterocycles. The number of hydrogen-bond donors (Lipinski definition) is 0. The molecule has 0 unspecified atom stereocenters. The zero-order valence-corrected chi connectivity index (χ0v) is 21.5. The SMILES string of the molecule is COCC(=O)N(c1ccc(OC)c(OC)c1)C1CCN(Cc2ccc(OC)c(OC)c2OC)CC1. The minimum absolute atomic E-state index is 0.0113. The van der Waals surface area contributed by atoms with Crippen LogP contribution in [0.3, 0.4) is 0 Å². The van der Waals surface area contributed by atoms with Gasteiger partial charge in [-0.1, -0.05) is 6.07 Å². The molecule has 2 aromatic rings. The van der Waals surface area contributed by atoms with Crippen molar-refractivity contribution in [1.82, 2.24) is 4.90 Å². The van der Waals surface area contributed by atoms with E-state index in [0.29, 0.717) is 35.3 Å². The van der Waals surface area contributed by atoms with Gasteiger partial charge >= 0.3 is 0 Å². The minimum atomic E-state index is -0.0836. The monoisotopic (exact) mass is 488 g/mol. The highest BCUT2D eigenvalue weighted by Gasteiger charge is 2.30. The van der Waals surface area contributed by atoms with Crippen molar-refractivity contribution >= 4 is 11.6 Å². The molecule has 9 heteroatoms. The molecule has 0 N–H and O–H groups in total. The number of methoxy groups -OCH3 is 6. The lowest BCUT2D eigenvalue weighted by Gasteiger charge is -2.39. The topological polar surface area (TPSA) is 78.9 Å². The Morgan fingerprint density at radius 2 is 1.46 bits per heavy atom. The first kappa shape index (κ1) is 26.4. The maximum absolute atomic E-state index is 13.1. The molecular weight excluding hydrogens is 452 g/mol. The third kappa shape index (κ3) is 5.91. The molecule has 3 rings (SSSR count). The van der Waals surface area contributed by atoms with Gasteiger partial charge in [0.15, 0.2) is 23.0 Å². The summed E-state index contributed by atoms with van der Waals surface area (Å²) in [6, 6.07) is 9.48. The number of ether oxygens (including phenoxy) is 6. The van der Waals surface area contributed by atoms with Crippen LogP contribution in [0, 0.1) is 0 Å². The molecule has 192 valence electrons. The van der Waals surface area contributed by atoms with Crippen LogP contribution in [0.15, 0.2) is 30.3 Å². The molecule has 9 nitrogen and oxygen atoms in total. The number of carbonyl (C=O) groups excluding carboxylic acids is 1. The van der Waals surface area contributed by atoms with Crippen LogP contribution in [0.5, 0.6) is 28.7 Å². The van der Waals surface area contributed by atoms with E-state index in [2.05, 4.69) is 4.90 Å². The molecule has 0 bridgehead atoms. The first-order valence-corrected chi connectivity index (χ1v) is 11.5. The Bertz CT molecular complexity index is 990. The first-order chi connectivity index (χ1) is 17.0. The van der Waals surface area contributed by atoms with Crippen LogP contribution in [0.1, 0.15) is 18.4 Å². The van der Waals surface area contributed by atoms with Crippen LogP contribution in [-0.4, -0.2) is 79.2 Å². The van der Waals surface area contributed by atoms with Crippen molar-refractivity contribution in [2.75, 3.05) is 67.3 Å². The summed E-state index contributed by atoms with van der Waals surface area (Å²) < 4.78 is 32.6. The molecular formula is C26H36N2O7. The van der Waals surface area contributed by atoms with Crippen LogP contribution in [0.4, 0.5) is 5.69 Å². The van der Waals surface area contributed by atoms with Gasteiger partial charge in [-0.05, 0) is 31.0 Å². The predicted octanol–water partition coefficient (Wildman–Crippen LogP) is 3.37. The van der Waals surface area contributed by atoms with E-state index in [-0.39, 0.29) is 18.6 Å². The van der Waals surface area contributed by atoms with Gasteiger partial charge in [-0.25, -0.2) is 0 Å². The van der Waals surface area contributed by atoms with Crippen LogP contribution < -0.4 is 28.6 Å². The number of carbonyl (C=O) groups is 1. The Balaban J connectivity index is 1.77. The lowest BCUT2D eigenvalue weighted by Crippen LogP contribution is -2.48. The van der Waals surface area contributed by atoms with Gasteiger partial charge in [-0.2, -0.15) is 0 Å². The molecule has 1 saturated heterocycles. The van der Waals surface area contributed by atoms with E-state index in [1.165, 1.54) is 7.11 Å². The van der Waals surface area contributed by atoms with Crippen molar-refractivity contribution in [2.24, 2.45) is 0 Å². The second-order valence-corrected chi connectivity index (χ2v) is 8.24. The Kier molecular flexibility index (Phi) is 9.45. The molecule has 1 amide bonds. The lowest BCUT2D eigenvalue weighted by molar-refractivity contribution is -0.122. The molecule has 35 heavy (non-hydrogen) atoms. The van der Waals surface area contributed by atoms with E-state index in [1.807, 2.05) is 35.2 Å². The molecule has 0 atom stereocenters. The van der Waals surface area contributed by atoms with Gasteiger partial charge in [0.1, 0.15) is 6.61 Å². The number of benzene rings is 2. The van der Waals surface area contributed by atoms with Gasteiger partial charge in [0.25, 0.3) is 5.91 Å². The number of nitrogens with zero attached hydrogens (tertiary/aromatic N) is 2. The number of anilines is 1. The van der Waals surface area contributed by atoms with E-state index in [1.54, 1.807) is 35.5 Å². The number of amides is 1. The molecule has 0 aliphatic carbocycles. The summed E-state index contributed by atoms with van der Waals surface area (Å²) in [6.45, 7) is 2.37. The smallest absolute Gasteiger partial charge is 0.253 e. The maximum Gasteiger partial charge on any atom is 0.253 e. The molecule has 0 saturated carbocycles. The van der Waals surface area contributed by atoms with Crippen LogP contribution in [-0.2, 0) is 16.1 Å². The van der Waals surface area contributed by atoms with Gasteiger partial charge in [0.05, 0.1) is 35.5 Å². The van der Waals surface area contributed by atoms with E-state index in [0.717, 1.165) is 37.2 Å². The zero-order valence-electron chi connectivity index (χ0n) is 21.5. The normalized spacial score (nSPS) is 14.3. The van der Waals surface area contributed by atoms with Crippen LogP contribution in [0.2, 0.25) is 0 Å². The van der Waals surface area contributed by atoms with Crippen LogP contribution >= 0.6 is 0 Å². The molecule has 0 aromatic heterocycles. The largest absolute Gasteiger partial charge is 0.493 e. The second-order valence-electron chi connectivity index (χ2n) is 8.24. The molecule has 1 fully saturated rings. The third-order valence-electron chi connectivity index (χ3n) is 6.28. The van der Waals surface area contributed by atoms with Crippen molar-refractivity contribution in [3.63, 3.8) is 0 Å². The lowest BCUT2D eigenvalue weighted by atomic mass is 10.0. The van der Waals surface area contributed by atoms with Crippen LogP contribution in [0.25, 0.3) is 0 Å². The highest BCUT2D eigenvalue weighted by atomic mass is 16.5. The summed E-state index contributed by atoms with van der Waals surface area (Å²) in [7, 11) is 9.56. The Hall–Kier alpha value is -3.17. The first-order valence-electron chi connectivity index (χ1n) is 11.5. The number of piperidine rings is 1. The summed E-state index contributed by atoms with van der Waals surface area (Å²) >= 11 is 0. The highest BCUT2D eigenvalue weighted by Crippen LogP contribution is 2.40. The summed E-state index contributed by atoms with van der Waals surface area (Å²) in [5, 5.41) is 0. The highest BCUT2D eigenvalue weighted by molar-refractivity contribution is 5.95. The number of likely N-dealkylation sites (tertiary alicyclic amines) is 1. The third-order valence-corrected chi connectivity index (χ3v) is 6.28. The van der Waals surface area contributed by atoms with Gasteiger partial charge in [0, 0.05) is 50.1 Å². The Morgan fingerprint density at radius 3 is 2.03 bits per heavy atom. The summed E-state index contributed by atoms with van der Waals surface area (Å²) in [5.74, 6) is 3.02. The van der Waals surface area contributed by atoms with Gasteiger partial charge in [0.2, 0.25) is 5.75 Å². The number of hydrogen-bond acceptors (Lipinski definition) is 8. The van der Waals surface area contributed by atoms with Crippen molar-refractivity contribution in [3.8, 4) is 28.7 Å². The van der Waals surface area contributed by atoms with Crippen molar-refractivity contribution in [1.29, 1.82) is 0 Å². The van der Waals surface area contributed by atoms with E-state index in [4.69, 9.17) is 28.4 Å². The molecule has 0 spiro atoms.